The van der Waals surface area contributed by atoms with E-state index in [0.717, 1.165) is 16.7 Å². The molecule has 2 rings (SSSR count). The van der Waals surface area contributed by atoms with Crippen molar-refractivity contribution in [2.45, 2.75) is 13.8 Å². The molecule has 5 nitrogen and oxygen atoms in total. The first kappa shape index (κ1) is 14.9. The largest absolute Gasteiger partial charge is 0.461 e. The lowest BCUT2D eigenvalue weighted by molar-refractivity contribution is 0.0521. The zero-order chi connectivity index (χ0) is 15.7. The van der Waals surface area contributed by atoms with Gasteiger partial charge in [-0.05, 0) is 26.0 Å². The Kier molecular flexibility index (Phi) is 3.88. The Morgan fingerprint density at radius 2 is 2.00 bits per heavy atom. The lowest BCUT2D eigenvalue weighted by Crippen LogP contribution is -2.10. The second-order valence-corrected chi connectivity index (χ2v) is 4.14. The smallest absolute Gasteiger partial charge is 0.360 e. The Morgan fingerprint density at radius 3 is 2.62 bits per heavy atom. The Hall–Kier alpha value is -2.51. The molecule has 2 N–H and O–H groups in total. The van der Waals surface area contributed by atoms with Gasteiger partial charge < -0.3 is 10.5 Å². The highest BCUT2D eigenvalue weighted by atomic mass is 19.2. The minimum Gasteiger partial charge on any atom is -0.461 e. The summed E-state index contributed by atoms with van der Waals surface area (Å²) in [4.78, 5) is 15.5. The van der Waals surface area contributed by atoms with E-state index in [0.29, 0.717) is 0 Å². The number of anilines is 1. The normalized spacial score (nSPS) is 10.7. The van der Waals surface area contributed by atoms with Crippen LogP contribution in [0.2, 0.25) is 0 Å². The second kappa shape index (κ2) is 5.47. The number of nitrogen functional groups attached to an aromatic ring is 1. The van der Waals surface area contributed by atoms with E-state index in [9.17, 15) is 18.0 Å². The average molecular weight is 299 g/mol. The van der Waals surface area contributed by atoms with Gasteiger partial charge in [0.25, 0.3) is 0 Å². The molecule has 0 saturated carbocycles. The number of aromatic nitrogens is 2. The van der Waals surface area contributed by atoms with Gasteiger partial charge in [-0.1, -0.05) is 0 Å². The van der Waals surface area contributed by atoms with Crippen molar-refractivity contribution in [2.24, 2.45) is 0 Å². The van der Waals surface area contributed by atoms with Crippen LogP contribution in [0, 0.1) is 24.4 Å². The van der Waals surface area contributed by atoms with Crippen molar-refractivity contribution in [1.82, 2.24) is 9.55 Å². The highest BCUT2D eigenvalue weighted by Crippen LogP contribution is 2.25. The lowest BCUT2D eigenvalue weighted by atomic mass is 10.2. The molecule has 0 radical (unpaired) electrons. The van der Waals surface area contributed by atoms with E-state index in [2.05, 4.69) is 4.98 Å². The number of esters is 1. The van der Waals surface area contributed by atoms with Gasteiger partial charge in [0.15, 0.2) is 23.1 Å². The topological polar surface area (TPSA) is 70.1 Å². The molecule has 21 heavy (non-hydrogen) atoms. The fraction of sp³-hybridized carbons (Fsp3) is 0.231. The summed E-state index contributed by atoms with van der Waals surface area (Å²) in [5.74, 6) is -5.22. The third-order valence-corrected chi connectivity index (χ3v) is 2.81. The molecule has 112 valence electrons. The maximum atomic E-state index is 13.8. The number of hydrogen-bond donors (Lipinski definition) is 1. The van der Waals surface area contributed by atoms with Crippen LogP contribution < -0.4 is 5.73 Å². The number of imidazole rings is 1. The minimum absolute atomic E-state index is 0.115. The molecule has 0 unspecified atom stereocenters. The van der Waals surface area contributed by atoms with Crippen molar-refractivity contribution in [2.75, 3.05) is 12.3 Å². The molecule has 2 aromatic rings. The van der Waals surface area contributed by atoms with Crippen LogP contribution in [0.25, 0.3) is 5.69 Å². The number of benzene rings is 1. The van der Waals surface area contributed by atoms with E-state index in [1.165, 1.54) is 6.92 Å². The van der Waals surface area contributed by atoms with Crippen LogP contribution in [-0.4, -0.2) is 22.1 Å². The van der Waals surface area contributed by atoms with E-state index in [1.54, 1.807) is 6.92 Å². The number of nitrogens with two attached hydrogens (primary N) is 1. The number of carbonyl (C=O) groups is 1. The van der Waals surface area contributed by atoms with Gasteiger partial charge in [-0.25, -0.2) is 22.9 Å². The number of ether oxygens (including phenoxy) is 1. The van der Waals surface area contributed by atoms with Crippen molar-refractivity contribution >= 4 is 11.8 Å². The molecule has 0 saturated heterocycles. The number of hydrogen-bond acceptors (Lipinski definition) is 4. The van der Waals surface area contributed by atoms with Crippen LogP contribution in [0.4, 0.5) is 19.0 Å². The van der Waals surface area contributed by atoms with E-state index in [4.69, 9.17) is 10.5 Å². The first-order valence-electron chi connectivity index (χ1n) is 6.04. The monoisotopic (exact) mass is 299 g/mol. The maximum Gasteiger partial charge on any atom is 0.360 e. The van der Waals surface area contributed by atoms with Gasteiger partial charge in [0.2, 0.25) is 0 Å². The highest BCUT2D eigenvalue weighted by Gasteiger charge is 2.24. The van der Waals surface area contributed by atoms with E-state index in [-0.39, 0.29) is 29.6 Å². The van der Waals surface area contributed by atoms with Gasteiger partial charge in [0, 0.05) is 0 Å². The number of halogens is 3. The van der Waals surface area contributed by atoms with Gasteiger partial charge in [-0.3, -0.25) is 4.57 Å². The predicted molar refractivity (Wildman–Crippen MR) is 68.5 cm³/mol. The summed E-state index contributed by atoms with van der Waals surface area (Å²) in [6, 6.07) is 1.77. The predicted octanol–water partition coefficient (Wildman–Crippen LogP) is 2.36. The number of aryl methyl sites for hydroxylation is 1. The van der Waals surface area contributed by atoms with Crippen LogP contribution >= 0.6 is 0 Å². The van der Waals surface area contributed by atoms with E-state index >= 15 is 0 Å². The molecular weight excluding hydrogens is 287 g/mol. The summed E-state index contributed by atoms with van der Waals surface area (Å²) in [5, 5.41) is 0. The lowest BCUT2D eigenvalue weighted by Gasteiger charge is -2.09. The highest BCUT2D eigenvalue weighted by molar-refractivity contribution is 5.92. The van der Waals surface area contributed by atoms with Gasteiger partial charge in [-0.15, -0.1) is 0 Å². The fourth-order valence-electron chi connectivity index (χ4n) is 1.89. The molecule has 8 heteroatoms. The van der Waals surface area contributed by atoms with Gasteiger partial charge in [0.1, 0.15) is 11.6 Å². The zero-order valence-corrected chi connectivity index (χ0v) is 11.3. The second-order valence-electron chi connectivity index (χ2n) is 4.14. The standard InChI is InChI=1S/C13H12F3N3O2/c1-3-21-13(20)11-12(17)19(6(2)18-11)8-5-4-7(14)9(15)10(8)16/h4-5H,3,17H2,1-2H3. The van der Waals surface area contributed by atoms with Crippen LogP contribution in [0.15, 0.2) is 12.1 Å². The van der Waals surface area contributed by atoms with E-state index in [1.807, 2.05) is 0 Å². The zero-order valence-electron chi connectivity index (χ0n) is 11.3. The van der Waals surface area contributed by atoms with Crippen LogP contribution in [0.5, 0.6) is 0 Å². The average Bonchev–Trinajstić information content (AvgIpc) is 2.73. The van der Waals surface area contributed by atoms with Gasteiger partial charge in [-0.2, -0.15) is 0 Å². The molecule has 0 aliphatic heterocycles. The Morgan fingerprint density at radius 1 is 1.33 bits per heavy atom. The molecule has 0 aliphatic carbocycles. The Balaban J connectivity index is 2.61. The van der Waals surface area contributed by atoms with Crippen LogP contribution in [0.3, 0.4) is 0 Å². The number of carbonyl (C=O) groups excluding carboxylic acids is 1. The number of nitrogens with zero attached hydrogens (tertiary/aromatic N) is 2. The van der Waals surface area contributed by atoms with Crippen molar-refractivity contribution in [1.29, 1.82) is 0 Å². The Bertz CT molecular complexity index is 713. The van der Waals surface area contributed by atoms with Crippen LogP contribution in [0.1, 0.15) is 23.2 Å². The first-order valence-corrected chi connectivity index (χ1v) is 6.04. The summed E-state index contributed by atoms with van der Waals surface area (Å²) in [6.45, 7) is 3.16. The van der Waals surface area contributed by atoms with Gasteiger partial charge >= 0.3 is 5.97 Å². The van der Waals surface area contributed by atoms with Crippen LogP contribution in [-0.2, 0) is 4.74 Å². The summed E-state index contributed by atoms with van der Waals surface area (Å²) in [6.07, 6.45) is 0. The van der Waals surface area contributed by atoms with Crippen molar-refractivity contribution < 1.29 is 22.7 Å². The summed E-state index contributed by atoms with van der Waals surface area (Å²) in [7, 11) is 0. The molecule has 1 heterocycles. The van der Waals surface area contributed by atoms with E-state index < -0.39 is 23.4 Å². The molecular formula is C13H12F3N3O2. The molecule has 1 aromatic heterocycles. The molecule has 0 atom stereocenters. The number of rotatable bonds is 3. The molecule has 0 spiro atoms. The molecule has 0 amide bonds. The van der Waals surface area contributed by atoms with Crippen molar-refractivity contribution in [3.05, 3.63) is 41.1 Å². The molecule has 0 bridgehead atoms. The minimum atomic E-state index is -1.63. The third kappa shape index (κ3) is 2.44. The van der Waals surface area contributed by atoms with Crippen molar-refractivity contribution in [3.8, 4) is 5.69 Å². The Labute approximate surface area is 118 Å². The first-order chi connectivity index (χ1) is 9.88. The van der Waals surface area contributed by atoms with Crippen molar-refractivity contribution in [3.63, 3.8) is 0 Å². The SMILES string of the molecule is CCOC(=O)c1nc(C)n(-c2ccc(F)c(F)c2F)c1N. The maximum absolute atomic E-state index is 13.8. The molecule has 1 aromatic carbocycles. The summed E-state index contributed by atoms with van der Waals surface area (Å²) >= 11 is 0. The third-order valence-electron chi connectivity index (χ3n) is 2.81. The molecule has 0 aliphatic rings. The fourth-order valence-corrected chi connectivity index (χ4v) is 1.89. The summed E-state index contributed by atoms with van der Waals surface area (Å²) < 4.78 is 45.9. The molecule has 0 fully saturated rings. The quantitative estimate of drug-likeness (QED) is 0.697. The van der Waals surface area contributed by atoms with Gasteiger partial charge in [0.05, 0.1) is 12.3 Å². The summed E-state index contributed by atoms with van der Waals surface area (Å²) in [5.41, 5.74) is 5.19.